The lowest BCUT2D eigenvalue weighted by Gasteiger charge is -2.38. The first-order valence-electron chi connectivity index (χ1n) is 11.9. The monoisotopic (exact) mass is 506 g/mol. The Morgan fingerprint density at radius 3 is 2.76 bits per heavy atom. The lowest BCUT2D eigenvalue weighted by molar-refractivity contribution is -0.0254. The highest BCUT2D eigenvalue weighted by atomic mass is 79.9. The summed E-state index contributed by atoms with van der Waals surface area (Å²) in [5, 5.41) is 11.2. The SMILES string of the molecule is Cc1ccc(C2(O)CCN(CCC=C3c4ccc(Br)cc4OCC4N=CC=CC34)CC2)cc1. The van der Waals surface area contributed by atoms with Crippen molar-refractivity contribution in [2.45, 2.75) is 37.8 Å². The smallest absolute Gasteiger partial charge is 0.128 e. The van der Waals surface area contributed by atoms with Crippen LogP contribution < -0.4 is 4.74 Å². The van der Waals surface area contributed by atoms with Gasteiger partial charge in [0.1, 0.15) is 12.4 Å². The summed E-state index contributed by atoms with van der Waals surface area (Å²) in [5.74, 6) is 1.17. The molecule has 1 N–H and O–H groups in total. The molecule has 2 atom stereocenters. The van der Waals surface area contributed by atoms with Gasteiger partial charge in [0.05, 0.1) is 11.6 Å². The van der Waals surface area contributed by atoms with Crippen LogP contribution in [-0.4, -0.2) is 48.5 Å². The molecule has 0 radical (unpaired) electrons. The molecule has 0 aromatic heterocycles. The number of aliphatic imine (C=N–C) groups is 1. The van der Waals surface area contributed by atoms with Gasteiger partial charge < -0.3 is 14.7 Å². The van der Waals surface area contributed by atoms with Gasteiger partial charge in [-0.1, -0.05) is 57.9 Å². The minimum atomic E-state index is -0.703. The first-order valence-corrected chi connectivity index (χ1v) is 12.7. The number of allylic oxidation sites excluding steroid dienone is 1. The van der Waals surface area contributed by atoms with Crippen molar-refractivity contribution >= 4 is 27.7 Å². The average Bonchev–Trinajstić information content (AvgIpc) is 2.98. The van der Waals surface area contributed by atoms with Gasteiger partial charge in [-0.3, -0.25) is 4.99 Å². The summed E-state index contributed by atoms with van der Waals surface area (Å²) in [6, 6.07) is 14.8. The minimum absolute atomic E-state index is 0.118. The van der Waals surface area contributed by atoms with Crippen molar-refractivity contribution in [3.63, 3.8) is 0 Å². The number of hydrogen-bond donors (Lipinski definition) is 1. The van der Waals surface area contributed by atoms with Crippen LogP contribution in [0.25, 0.3) is 5.57 Å². The molecule has 2 aromatic rings. The largest absolute Gasteiger partial charge is 0.491 e. The van der Waals surface area contributed by atoms with E-state index in [2.05, 4.69) is 93.4 Å². The van der Waals surface area contributed by atoms with Crippen molar-refractivity contribution in [1.29, 1.82) is 0 Å². The zero-order valence-electron chi connectivity index (χ0n) is 19.1. The molecule has 33 heavy (non-hydrogen) atoms. The number of ether oxygens (including phenoxy) is 1. The van der Waals surface area contributed by atoms with E-state index in [4.69, 9.17) is 4.74 Å². The van der Waals surface area contributed by atoms with Crippen LogP contribution in [-0.2, 0) is 5.60 Å². The van der Waals surface area contributed by atoms with Crippen molar-refractivity contribution < 1.29 is 9.84 Å². The molecule has 1 saturated heterocycles. The number of fused-ring (bicyclic) bond motifs is 2. The zero-order chi connectivity index (χ0) is 22.8. The van der Waals surface area contributed by atoms with Gasteiger partial charge in [-0.25, -0.2) is 0 Å². The highest BCUT2D eigenvalue weighted by Gasteiger charge is 2.34. The highest BCUT2D eigenvalue weighted by Crippen LogP contribution is 2.40. The molecule has 2 aromatic carbocycles. The van der Waals surface area contributed by atoms with Crippen LogP contribution in [0.2, 0.25) is 0 Å². The first kappa shape index (κ1) is 22.6. The fourth-order valence-corrected chi connectivity index (χ4v) is 5.50. The Morgan fingerprint density at radius 1 is 1.18 bits per heavy atom. The topological polar surface area (TPSA) is 45.1 Å². The number of piperidine rings is 1. The van der Waals surface area contributed by atoms with E-state index in [1.807, 2.05) is 6.21 Å². The molecule has 2 unspecified atom stereocenters. The molecule has 0 saturated carbocycles. The van der Waals surface area contributed by atoms with E-state index in [9.17, 15) is 5.11 Å². The molecule has 172 valence electrons. The predicted octanol–water partition coefficient (Wildman–Crippen LogP) is 5.53. The van der Waals surface area contributed by atoms with Gasteiger partial charge in [0, 0.05) is 41.8 Å². The quantitative estimate of drug-likeness (QED) is 0.592. The van der Waals surface area contributed by atoms with Crippen LogP contribution >= 0.6 is 15.9 Å². The summed E-state index contributed by atoms with van der Waals surface area (Å²) >= 11 is 3.58. The second kappa shape index (κ2) is 9.57. The second-order valence-electron chi connectivity index (χ2n) is 9.42. The Hall–Kier alpha value is -2.21. The third kappa shape index (κ3) is 4.86. The number of aryl methyl sites for hydroxylation is 1. The summed E-state index contributed by atoms with van der Waals surface area (Å²) in [6.45, 7) is 5.49. The van der Waals surface area contributed by atoms with Crippen LogP contribution in [0.3, 0.4) is 0 Å². The Labute approximate surface area is 204 Å². The highest BCUT2D eigenvalue weighted by molar-refractivity contribution is 9.10. The lowest BCUT2D eigenvalue weighted by Crippen LogP contribution is -2.42. The molecule has 3 heterocycles. The lowest BCUT2D eigenvalue weighted by atomic mass is 9.84. The number of benzene rings is 2. The third-order valence-electron chi connectivity index (χ3n) is 7.20. The molecule has 3 aliphatic rings. The summed E-state index contributed by atoms with van der Waals surface area (Å²) in [6.07, 6.45) is 11.1. The summed E-state index contributed by atoms with van der Waals surface area (Å²) in [4.78, 5) is 7.16. The Morgan fingerprint density at radius 2 is 1.97 bits per heavy atom. The number of halogens is 1. The molecule has 0 amide bonds. The van der Waals surface area contributed by atoms with Crippen LogP contribution in [0.15, 0.2) is 70.2 Å². The van der Waals surface area contributed by atoms with Crippen molar-refractivity contribution in [1.82, 2.24) is 4.90 Å². The van der Waals surface area contributed by atoms with E-state index in [0.29, 0.717) is 6.61 Å². The second-order valence-corrected chi connectivity index (χ2v) is 10.3. The van der Waals surface area contributed by atoms with Crippen molar-refractivity contribution in [3.05, 3.63) is 81.9 Å². The van der Waals surface area contributed by atoms with E-state index in [1.54, 1.807) is 0 Å². The van der Waals surface area contributed by atoms with Gasteiger partial charge in [0.15, 0.2) is 0 Å². The third-order valence-corrected chi connectivity index (χ3v) is 7.69. The molecular weight excluding hydrogens is 476 g/mol. The summed E-state index contributed by atoms with van der Waals surface area (Å²) < 4.78 is 7.17. The van der Waals surface area contributed by atoms with Crippen LogP contribution in [0.1, 0.15) is 36.0 Å². The van der Waals surface area contributed by atoms with Crippen LogP contribution in [0.5, 0.6) is 5.75 Å². The van der Waals surface area contributed by atoms with Gasteiger partial charge in [0.2, 0.25) is 0 Å². The summed E-state index contributed by atoms with van der Waals surface area (Å²) in [7, 11) is 0. The standard InChI is InChI=1S/C28H31BrN2O2/c1-20-6-8-21(9-7-20)28(32)12-16-31(17-13-28)15-3-5-23-24-4-2-14-30-26(24)19-33-27-18-22(29)10-11-25(23)27/h2,4-11,14,18,24,26,32H,3,12-13,15-17,19H2,1H3. The number of rotatable bonds is 4. The molecule has 1 fully saturated rings. The van der Waals surface area contributed by atoms with Crippen molar-refractivity contribution in [2.24, 2.45) is 10.9 Å². The normalized spacial score (nSPS) is 25.2. The number of nitrogens with zero attached hydrogens (tertiary/aromatic N) is 2. The molecule has 5 heteroatoms. The van der Waals surface area contributed by atoms with Crippen LogP contribution in [0.4, 0.5) is 0 Å². The zero-order valence-corrected chi connectivity index (χ0v) is 20.7. The predicted molar refractivity (Wildman–Crippen MR) is 138 cm³/mol. The van der Waals surface area contributed by atoms with Gasteiger partial charge in [-0.15, -0.1) is 0 Å². The molecular formula is C28H31BrN2O2. The number of likely N-dealkylation sites (tertiary alicyclic amines) is 1. The maximum Gasteiger partial charge on any atom is 0.128 e. The maximum atomic E-state index is 11.2. The van der Waals surface area contributed by atoms with Gasteiger partial charge in [0.25, 0.3) is 0 Å². The van der Waals surface area contributed by atoms with Crippen molar-refractivity contribution in [3.8, 4) is 5.75 Å². The fraction of sp³-hybridized carbons (Fsp3) is 0.393. The number of hydrogen-bond acceptors (Lipinski definition) is 4. The Kier molecular flexibility index (Phi) is 6.55. The van der Waals surface area contributed by atoms with E-state index < -0.39 is 5.60 Å². The molecule has 0 bridgehead atoms. The molecule has 0 aliphatic carbocycles. The molecule has 4 nitrogen and oxygen atoms in total. The first-order chi connectivity index (χ1) is 16.0. The van der Waals surface area contributed by atoms with Gasteiger partial charge in [-0.2, -0.15) is 0 Å². The fourth-order valence-electron chi connectivity index (χ4n) is 5.16. The van der Waals surface area contributed by atoms with E-state index in [0.717, 1.165) is 54.7 Å². The van der Waals surface area contributed by atoms with Gasteiger partial charge in [-0.05, 0) is 61.6 Å². The van der Waals surface area contributed by atoms with E-state index in [1.165, 1.54) is 16.7 Å². The van der Waals surface area contributed by atoms with Crippen molar-refractivity contribution in [2.75, 3.05) is 26.2 Å². The average molecular weight is 507 g/mol. The summed E-state index contributed by atoms with van der Waals surface area (Å²) in [5.41, 5.74) is 4.05. The molecule has 5 rings (SSSR count). The Balaban J connectivity index is 1.27. The number of aliphatic hydroxyl groups is 1. The molecule has 0 spiro atoms. The maximum absolute atomic E-state index is 11.2. The molecule has 3 aliphatic heterocycles. The Bertz CT molecular complexity index is 1080. The minimum Gasteiger partial charge on any atom is -0.491 e. The van der Waals surface area contributed by atoms with Gasteiger partial charge >= 0.3 is 0 Å². The van der Waals surface area contributed by atoms with Crippen LogP contribution in [0, 0.1) is 12.8 Å². The van der Waals surface area contributed by atoms with E-state index in [-0.39, 0.29) is 12.0 Å². The van der Waals surface area contributed by atoms with E-state index >= 15 is 0 Å². The number of dihydropyridines is 1.